The summed E-state index contributed by atoms with van der Waals surface area (Å²) >= 11 is 0. The van der Waals surface area contributed by atoms with Crippen molar-refractivity contribution < 1.29 is 0 Å². The van der Waals surface area contributed by atoms with E-state index in [-0.39, 0.29) is 11.0 Å². The van der Waals surface area contributed by atoms with Gasteiger partial charge in [0.1, 0.15) is 5.52 Å². The third-order valence-electron chi connectivity index (χ3n) is 1.51. The summed E-state index contributed by atoms with van der Waals surface area (Å²) in [6.07, 6.45) is 1.27. The van der Waals surface area contributed by atoms with Gasteiger partial charge in [-0.15, -0.1) is 0 Å². The second-order valence-electron chi connectivity index (χ2n) is 2.24. The smallest absolute Gasteiger partial charge is 0.310 e. The molecule has 0 aromatic carbocycles. The zero-order valence-corrected chi connectivity index (χ0v) is 5.87. The van der Waals surface area contributed by atoms with Crippen molar-refractivity contribution in [2.75, 3.05) is 5.84 Å². The lowest BCUT2D eigenvalue weighted by atomic mass is 10.5. The molecule has 2 heterocycles. The minimum atomic E-state index is -0.512. The number of nitrogens with two attached hydrogens (primary N) is 1. The highest BCUT2D eigenvalue weighted by molar-refractivity contribution is 5.71. The first kappa shape index (κ1) is 6.65. The Morgan fingerprint density at radius 3 is 3.00 bits per heavy atom. The Morgan fingerprint density at radius 2 is 2.25 bits per heavy atom. The van der Waals surface area contributed by atoms with E-state index in [1.54, 1.807) is 0 Å². The van der Waals surface area contributed by atoms with Crippen LogP contribution in [0.5, 0.6) is 0 Å². The zero-order chi connectivity index (χ0) is 8.72. The summed E-state index contributed by atoms with van der Waals surface area (Å²) in [5.41, 5.74) is -0.821. The van der Waals surface area contributed by atoms with Crippen LogP contribution < -0.4 is 17.0 Å². The van der Waals surface area contributed by atoms with E-state index >= 15 is 0 Å². The molecule has 0 amide bonds. The van der Waals surface area contributed by atoms with Gasteiger partial charge in [0.05, 0.1) is 6.33 Å². The van der Waals surface area contributed by atoms with Crippen LogP contribution in [-0.2, 0) is 0 Å². The summed E-state index contributed by atoms with van der Waals surface area (Å²) in [5, 5.41) is 2.11. The molecule has 0 atom stereocenters. The molecule has 0 saturated carbocycles. The van der Waals surface area contributed by atoms with Crippen LogP contribution in [0.15, 0.2) is 15.9 Å². The first-order valence-electron chi connectivity index (χ1n) is 3.13. The Labute approximate surface area is 64.8 Å². The van der Waals surface area contributed by atoms with E-state index in [0.29, 0.717) is 4.79 Å². The number of hydrogen-bond donors (Lipinski definition) is 3. The first-order valence-corrected chi connectivity index (χ1v) is 3.13. The average molecular weight is 167 g/mol. The van der Waals surface area contributed by atoms with E-state index in [9.17, 15) is 9.59 Å². The number of nitrogens with zero attached hydrogens (tertiary/aromatic N) is 2. The minimum Gasteiger partial charge on any atom is -0.340 e. The Morgan fingerprint density at radius 1 is 1.50 bits per heavy atom. The number of nitrogens with one attached hydrogen (secondary N) is 2. The first-order chi connectivity index (χ1) is 5.70. The molecule has 2 aromatic rings. The fraction of sp³-hybridized carbons (Fsp3) is 0. The standard InChI is InChI=1S/C5H5N5O2/c6-10-5(12)3-2(4(11)9-10)7-1-8-3/h1H,6H2,(H,7,8)(H,9,11). The van der Waals surface area contributed by atoms with E-state index in [2.05, 4.69) is 15.1 Å². The Hall–Kier alpha value is -2.05. The lowest BCUT2D eigenvalue weighted by Gasteiger charge is -1.94. The number of fused-ring (bicyclic) bond motifs is 1. The molecule has 0 fully saturated rings. The van der Waals surface area contributed by atoms with Crippen LogP contribution in [0, 0.1) is 0 Å². The predicted octanol–water partition coefficient (Wildman–Crippen LogP) is -1.87. The van der Waals surface area contributed by atoms with E-state index < -0.39 is 11.1 Å². The molecule has 0 saturated heterocycles. The maximum atomic E-state index is 11.1. The average Bonchev–Trinajstić information content (AvgIpc) is 2.48. The molecule has 0 aliphatic rings. The maximum absolute atomic E-state index is 11.1. The zero-order valence-electron chi connectivity index (χ0n) is 5.87. The van der Waals surface area contributed by atoms with Crippen LogP contribution in [0.1, 0.15) is 0 Å². The van der Waals surface area contributed by atoms with E-state index in [0.717, 1.165) is 0 Å². The summed E-state index contributed by atoms with van der Waals surface area (Å²) in [6, 6.07) is 0. The molecule has 7 heteroatoms. The number of imidazole rings is 1. The molecule has 0 aliphatic heterocycles. The fourth-order valence-corrected chi connectivity index (χ4v) is 0.963. The van der Waals surface area contributed by atoms with Crippen molar-refractivity contribution in [3.8, 4) is 0 Å². The number of nitrogen functional groups attached to an aromatic ring is 1. The molecule has 7 nitrogen and oxygen atoms in total. The number of aromatic amines is 2. The molecule has 0 unspecified atom stereocenters. The number of rotatable bonds is 0. The van der Waals surface area contributed by atoms with Crippen molar-refractivity contribution in [3.05, 3.63) is 27.0 Å². The molecular formula is C5H5N5O2. The largest absolute Gasteiger partial charge is 0.340 e. The van der Waals surface area contributed by atoms with Gasteiger partial charge in [0.15, 0.2) is 5.52 Å². The van der Waals surface area contributed by atoms with Crippen molar-refractivity contribution in [3.63, 3.8) is 0 Å². The summed E-state index contributed by atoms with van der Waals surface area (Å²) in [4.78, 5) is 29.0. The van der Waals surface area contributed by atoms with Gasteiger partial charge < -0.3 is 10.8 Å². The number of hydrogen-bond acceptors (Lipinski definition) is 4. The van der Waals surface area contributed by atoms with E-state index in [1.807, 2.05) is 0 Å². The lowest BCUT2D eigenvalue weighted by Crippen LogP contribution is -2.35. The van der Waals surface area contributed by atoms with Crippen molar-refractivity contribution >= 4 is 11.0 Å². The van der Waals surface area contributed by atoms with Crippen molar-refractivity contribution in [1.82, 2.24) is 19.9 Å². The van der Waals surface area contributed by atoms with Gasteiger partial charge in [-0.3, -0.25) is 9.59 Å². The lowest BCUT2D eigenvalue weighted by molar-refractivity contribution is 0.756. The van der Waals surface area contributed by atoms with Gasteiger partial charge in [0.25, 0.3) is 5.56 Å². The third-order valence-corrected chi connectivity index (χ3v) is 1.51. The van der Waals surface area contributed by atoms with Crippen molar-refractivity contribution in [1.29, 1.82) is 0 Å². The van der Waals surface area contributed by atoms with Crippen LogP contribution in [0.3, 0.4) is 0 Å². The van der Waals surface area contributed by atoms with Gasteiger partial charge in [0, 0.05) is 0 Å². The Balaban J connectivity index is 3.18. The molecule has 0 aliphatic carbocycles. The highest BCUT2D eigenvalue weighted by atomic mass is 16.2. The highest BCUT2D eigenvalue weighted by Gasteiger charge is 2.06. The Kier molecular flexibility index (Phi) is 1.09. The normalized spacial score (nSPS) is 10.7. The van der Waals surface area contributed by atoms with Crippen LogP contribution >= 0.6 is 0 Å². The van der Waals surface area contributed by atoms with Crippen LogP contribution in [0.25, 0.3) is 11.0 Å². The quantitative estimate of drug-likeness (QED) is 0.399. The summed E-state index contributed by atoms with van der Waals surface area (Å²) in [6.45, 7) is 0. The second-order valence-corrected chi connectivity index (χ2v) is 2.24. The molecule has 0 bridgehead atoms. The number of aromatic nitrogens is 4. The summed E-state index contributed by atoms with van der Waals surface area (Å²) in [7, 11) is 0. The van der Waals surface area contributed by atoms with Crippen LogP contribution in [0.2, 0.25) is 0 Å². The molecule has 62 valence electrons. The van der Waals surface area contributed by atoms with E-state index in [4.69, 9.17) is 5.84 Å². The van der Waals surface area contributed by atoms with Crippen LogP contribution in [0.4, 0.5) is 0 Å². The summed E-state index contributed by atoms with van der Waals surface area (Å²) in [5.74, 6) is 5.15. The van der Waals surface area contributed by atoms with Gasteiger partial charge in [0.2, 0.25) is 0 Å². The number of H-pyrrole nitrogens is 2. The molecular weight excluding hydrogens is 162 g/mol. The molecule has 0 radical (unpaired) electrons. The maximum Gasteiger partial charge on any atom is 0.310 e. The predicted molar refractivity (Wildman–Crippen MR) is 41.1 cm³/mol. The minimum absolute atomic E-state index is 0.0710. The van der Waals surface area contributed by atoms with Gasteiger partial charge in [-0.2, -0.15) is 4.79 Å². The molecule has 2 aromatic heterocycles. The van der Waals surface area contributed by atoms with Gasteiger partial charge in [-0.1, -0.05) is 0 Å². The van der Waals surface area contributed by atoms with E-state index in [1.165, 1.54) is 6.33 Å². The Bertz CT molecular complexity index is 532. The van der Waals surface area contributed by atoms with Crippen LogP contribution in [-0.4, -0.2) is 19.9 Å². The van der Waals surface area contributed by atoms with Gasteiger partial charge in [-0.25, -0.2) is 10.1 Å². The van der Waals surface area contributed by atoms with Gasteiger partial charge in [-0.05, 0) is 0 Å². The van der Waals surface area contributed by atoms with Crippen molar-refractivity contribution in [2.24, 2.45) is 0 Å². The summed E-state index contributed by atoms with van der Waals surface area (Å²) < 4.78 is 0. The van der Waals surface area contributed by atoms with Gasteiger partial charge >= 0.3 is 5.56 Å². The molecule has 0 spiro atoms. The topological polar surface area (TPSA) is 110 Å². The molecule has 12 heavy (non-hydrogen) atoms. The van der Waals surface area contributed by atoms with Crippen molar-refractivity contribution in [2.45, 2.75) is 0 Å². The molecule has 4 N–H and O–H groups in total. The monoisotopic (exact) mass is 167 g/mol. The SMILES string of the molecule is Nn1[nH]c(=O)c2nc[nH]c2c1=O. The third kappa shape index (κ3) is 0.669. The fourth-order valence-electron chi connectivity index (χ4n) is 0.963. The highest BCUT2D eigenvalue weighted by Crippen LogP contribution is 1.92. The molecule has 2 rings (SSSR count). The second kappa shape index (κ2) is 1.97.